The molecule has 0 radical (unpaired) electrons. The van der Waals surface area contributed by atoms with Gasteiger partial charge in [-0.1, -0.05) is 17.7 Å². The summed E-state index contributed by atoms with van der Waals surface area (Å²) in [5.41, 5.74) is 2.21. The Kier molecular flexibility index (Phi) is 6.02. The van der Waals surface area contributed by atoms with Crippen molar-refractivity contribution >= 4 is 21.6 Å². The first kappa shape index (κ1) is 23.1. The minimum Gasteiger partial charge on any atom is -0.343 e. The Labute approximate surface area is 200 Å². The smallest absolute Gasteiger partial charge is 0.261 e. The Morgan fingerprint density at radius 2 is 1.71 bits per heavy atom. The number of pyridine rings is 1. The van der Waals surface area contributed by atoms with Gasteiger partial charge in [0.2, 0.25) is 5.91 Å². The molecule has 2 atom stereocenters. The molecule has 1 aromatic heterocycles. The number of benzene rings is 1. The molecule has 2 unspecified atom stereocenters. The second-order valence-corrected chi connectivity index (χ2v) is 11.7. The molecule has 5 rings (SSSR count). The maximum absolute atomic E-state index is 13.1. The van der Waals surface area contributed by atoms with E-state index in [1.807, 2.05) is 11.8 Å². The zero-order valence-electron chi connectivity index (χ0n) is 19.7. The van der Waals surface area contributed by atoms with E-state index in [1.54, 1.807) is 41.8 Å². The molecule has 34 heavy (non-hydrogen) atoms. The van der Waals surface area contributed by atoms with Crippen molar-refractivity contribution < 1.29 is 13.2 Å². The minimum atomic E-state index is -3.77. The van der Waals surface area contributed by atoms with E-state index in [2.05, 4.69) is 9.62 Å². The van der Waals surface area contributed by atoms with Crippen molar-refractivity contribution in [2.45, 2.75) is 56.5 Å². The van der Waals surface area contributed by atoms with Crippen LogP contribution in [0.1, 0.15) is 43.4 Å². The first-order valence-electron chi connectivity index (χ1n) is 12.0. The fourth-order valence-electron chi connectivity index (χ4n) is 5.90. The van der Waals surface area contributed by atoms with Crippen LogP contribution in [0.5, 0.6) is 0 Å². The van der Waals surface area contributed by atoms with Gasteiger partial charge in [0.1, 0.15) is 0 Å². The molecular formula is C25H32N4O4S. The number of likely N-dealkylation sites (tertiary alicyclic amines) is 2. The van der Waals surface area contributed by atoms with E-state index in [4.69, 9.17) is 0 Å². The van der Waals surface area contributed by atoms with Crippen molar-refractivity contribution in [3.05, 3.63) is 58.0 Å². The van der Waals surface area contributed by atoms with Gasteiger partial charge in [-0.3, -0.25) is 19.2 Å². The highest BCUT2D eigenvalue weighted by atomic mass is 32.2. The van der Waals surface area contributed by atoms with Crippen molar-refractivity contribution in [3.8, 4) is 0 Å². The number of aromatic nitrogens is 1. The third-order valence-electron chi connectivity index (χ3n) is 7.62. The van der Waals surface area contributed by atoms with Gasteiger partial charge in [-0.15, -0.1) is 0 Å². The van der Waals surface area contributed by atoms with Crippen LogP contribution in [0, 0.1) is 12.8 Å². The van der Waals surface area contributed by atoms with Gasteiger partial charge in [-0.2, -0.15) is 0 Å². The van der Waals surface area contributed by atoms with Crippen LogP contribution < -0.4 is 10.3 Å². The zero-order chi connectivity index (χ0) is 24.0. The van der Waals surface area contributed by atoms with Gasteiger partial charge < -0.3 is 9.47 Å². The van der Waals surface area contributed by atoms with E-state index in [0.29, 0.717) is 24.2 Å². The largest absolute Gasteiger partial charge is 0.343 e. The molecular weight excluding hydrogens is 452 g/mol. The second kappa shape index (κ2) is 8.85. The second-order valence-electron chi connectivity index (χ2n) is 9.99. The summed E-state index contributed by atoms with van der Waals surface area (Å²) in [5.74, 6) is 0.578. The number of aryl methyl sites for hydroxylation is 1. The van der Waals surface area contributed by atoms with Crippen molar-refractivity contribution in [2.75, 3.05) is 30.9 Å². The number of piperidine rings is 2. The summed E-state index contributed by atoms with van der Waals surface area (Å²) in [5, 5.41) is 0. The molecule has 8 nitrogen and oxygen atoms in total. The molecule has 3 aliphatic rings. The quantitative estimate of drug-likeness (QED) is 0.720. The molecule has 182 valence electrons. The lowest BCUT2D eigenvalue weighted by molar-refractivity contribution is -0.130. The fourth-order valence-corrected chi connectivity index (χ4v) is 6.98. The highest BCUT2D eigenvalue weighted by Crippen LogP contribution is 2.40. The number of amides is 1. The minimum absolute atomic E-state index is 0.0776. The molecule has 2 fully saturated rings. The number of anilines is 1. The van der Waals surface area contributed by atoms with Crippen LogP contribution in [0.3, 0.4) is 0 Å². The Morgan fingerprint density at radius 3 is 2.38 bits per heavy atom. The van der Waals surface area contributed by atoms with E-state index >= 15 is 0 Å². The number of hydrogen-bond acceptors (Lipinski definition) is 5. The SMILES string of the molecule is CC(=O)N1CCC(N2CC3CC(C2)c2c(NS(=O)(=O)c4ccc(C)cc4)ccc(=O)n2C3)CC1. The lowest BCUT2D eigenvalue weighted by atomic mass is 9.81. The summed E-state index contributed by atoms with van der Waals surface area (Å²) in [7, 11) is -3.77. The summed E-state index contributed by atoms with van der Waals surface area (Å²) in [4.78, 5) is 29.1. The van der Waals surface area contributed by atoms with Crippen LogP contribution in [-0.2, 0) is 21.4 Å². The van der Waals surface area contributed by atoms with Crippen molar-refractivity contribution in [1.82, 2.24) is 14.4 Å². The number of sulfonamides is 1. The Bertz CT molecular complexity index is 1250. The van der Waals surface area contributed by atoms with Crippen LogP contribution in [0.4, 0.5) is 5.69 Å². The number of carbonyl (C=O) groups is 1. The number of nitrogens with one attached hydrogen (secondary N) is 1. The Hall–Kier alpha value is -2.65. The summed E-state index contributed by atoms with van der Waals surface area (Å²) >= 11 is 0. The molecule has 4 heterocycles. The number of nitrogens with zero attached hydrogens (tertiary/aromatic N) is 3. The first-order valence-corrected chi connectivity index (χ1v) is 13.5. The Balaban J connectivity index is 1.41. The molecule has 2 bridgehead atoms. The lowest BCUT2D eigenvalue weighted by Gasteiger charge is -2.47. The molecule has 3 aliphatic heterocycles. The Morgan fingerprint density at radius 1 is 1.00 bits per heavy atom. The van der Waals surface area contributed by atoms with Crippen LogP contribution in [0.25, 0.3) is 0 Å². The van der Waals surface area contributed by atoms with Crippen LogP contribution >= 0.6 is 0 Å². The average molecular weight is 485 g/mol. The van der Waals surface area contributed by atoms with Crippen molar-refractivity contribution in [2.24, 2.45) is 5.92 Å². The third-order valence-corrected chi connectivity index (χ3v) is 9.00. The fraction of sp³-hybridized carbons (Fsp3) is 0.520. The van der Waals surface area contributed by atoms with Gasteiger partial charge in [0, 0.05) is 63.4 Å². The van der Waals surface area contributed by atoms with Gasteiger partial charge >= 0.3 is 0 Å². The third kappa shape index (κ3) is 4.38. The number of fused-ring (bicyclic) bond motifs is 4. The molecule has 0 aliphatic carbocycles. The molecule has 9 heteroatoms. The molecule has 1 amide bonds. The summed E-state index contributed by atoms with van der Waals surface area (Å²) in [6.07, 6.45) is 2.85. The summed E-state index contributed by atoms with van der Waals surface area (Å²) < 4.78 is 30.8. The van der Waals surface area contributed by atoms with Gasteiger partial charge in [0.05, 0.1) is 10.6 Å². The van der Waals surface area contributed by atoms with Gasteiger partial charge in [0.15, 0.2) is 0 Å². The van der Waals surface area contributed by atoms with E-state index in [0.717, 1.165) is 56.7 Å². The van der Waals surface area contributed by atoms with Gasteiger partial charge in [-0.25, -0.2) is 8.42 Å². The monoisotopic (exact) mass is 484 g/mol. The first-order chi connectivity index (χ1) is 16.2. The molecule has 2 aromatic rings. The maximum atomic E-state index is 13.1. The lowest BCUT2D eigenvalue weighted by Crippen LogP contribution is -2.53. The van der Waals surface area contributed by atoms with E-state index in [-0.39, 0.29) is 22.3 Å². The molecule has 0 spiro atoms. The summed E-state index contributed by atoms with van der Waals surface area (Å²) in [6.45, 7) is 7.44. The van der Waals surface area contributed by atoms with Crippen LogP contribution in [-0.4, -0.2) is 60.9 Å². The highest BCUT2D eigenvalue weighted by Gasteiger charge is 2.39. The number of hydrogen-bond donors (Lipinski definition) is 1. The molecule has 0 saturated carbocycles. The highest BCUT2D eigenvalue weighted by molar-refractivity contribution is 7.92. The van der Waals surface area contributed by atoms with Gasteiger partial charge in [0.25, 0.3) is 15.6 Å². The predicted octanol–water partition coefficient (Wildman–Crippen LogP) is 2.39. The average Bonchev–Trinajstić information content (AvgIpc) is 2.81. The molecule has 1 N–H and O–H groups in total. The zero-order valence-corrected chi connectivity index (χ0v) is 20.6. The van der Waals surface area contributed by atoms with E-state index in [1.165, 1.54) is 6.07 Å². The van der Waals surface area contributed by atoms with Crippen LogP contribution in [0.15, 0.2) is 46.1 Å². The van der Waals surface area contributed by atoms with Crippen molar-refractivity contribution in [3.63, 3.8) is 0 Å². The topological polar surface area (TPSA) is 91.7 Å². The number of rotatable bonds is 4. The normalized spacial score (nSPS) is 23.4. The van der Waals surface area contributed by atoms with Gasteiger partial charge in [-0.05, 0) is 50.3 Å². The van der Waals surface area contributed by atoms with Crippen molar-refractivity contribution in [1.29, 1.82) is 0 Å². The predicted molar refractivity (Wildman–Crippen MR) is 130 cm³/mol. The van der Waals surface area contributed by atoms with Crippen LogP contribution in [0.2, 0.25) is 0 Å². The number of carbonyl (C=O) groups excluding carboxylic acids is 1. The standard InChI is InChI=1S/C25H32N4O4S/c1-17-3-5-22(6-4-17)34(32,33)26-23-7-8-24(31)29-15-19-13-20(25(23)29)16-28(14-19)21-9-11-27(12-10-21)18(2)30/h3-8,19-21,26H,9-16H2,1-2H3. The molecule has 2 saturated heterocycles. The summed E-state index contributed by atoms with van der Waals surface area (Å²) in [6, 6.07) is 10.3. The maximum Gasteiger partial charge on any atom is 0.261 e. The molecule has 1 aromatic carbocycles. The van der Waals surface area contributed by atoms with E-state index < -0.39 is 10.0 Å². The van der Waals surface area contributed by atoms with E-state index in [9.17, 15) is 18.0 Å².